The molecule has 1 amide bonds. The molecule has 0 radical (unpaired) electrons. The van der Waals surface area contributed by atoms with Gasteiger partial charge >= 0.3 is 0 Å². The van der Waals surface area contributed by atoms with Crippen molar-refractivity contribution in [3.8, 4) is 11.5 Å². The van der Waals surface area contributed by atoms with Gasteiger partial charge in [-0.25, -0.2) is 8.42 Å². The summed E-state index contributed by atoms with van der Waals surface area (Å²) in [5, 5.41) is 0. The second-order valence-corrected chi connectivity index (χ2v) is 7.27. The molecule has 0 bridgehead atoms. The van der Waals surface area contributed by atoms with Gasteiger partial charge in [-0.05, 0) is 24.6 Å². The first-order valence-corrected chi connectivity index (χ1v) is 8.39. The molecule has 0 N–H and O–H groups in total. The van der Waals surface area contributed by atoms with E-state index in [-0.39, 0.29) is 23.5 Å². The number of rotatable bonds is 4. The lowest BCUT2D eigenvalue weighted by molar-refractivity contribution is 0.0747. The first-order valence-electron chi connectivity index (χ1n) is 6.57. The Morgan fingerprint density at radius 2 is 1.90 bits per heavy atom. The molecule has 0 aromatic heterocycles. The van der Waals surface area contributed by atoms with E-state index in [9.17, 15) is 13.2 Å². The second-order valence-electron chi connectivity index (χ2n) is 5.04. The van der Waals surface area contributed by atoms with Crippen molar-refractivity contribution in [3.05, 3.63) is 23.8 Å². The first kappa shape index (κ1) is 15.6. The molecule has 0 spiro atoms. The van der Waals surface area contributed by atoms with Crippen LogP contribution in [0, 0.1) is 0 Å². The average Bonchev–Trinajstić information content (AvgIpc) is 2.85. The summed E-state index contributed by atoms with van der Waals surface area (Å²) >= 11 is 0. The predicted octanol–water partition coefficient (Wildman–Crippen LogP) is 0.963. The van der Waals surface area contributed by atoms with Crippen LogP contribution < -0.4 is 9.47 Å². The fourth-order valence-corrected chi connectivity index (χ4v) is 4.19. The molecular formula is C14H19NO5S. The molecule has 1 aliphatic heterocycles. The summed E-state index contributed by atoms with van der Waals surface area (Å²) in [5.74, 6) is 0.956. The Morgan fingerprint density at radius 1 is 1.24 bits per heavy atom. The quantitative estimate of drug-likeness (QED) is 0.828. The molecule has 2 rings (SSSR count). The Hall–Kier alpha value is -1.76. The van der Waals surface area contributed by atoms with E-state index < -0.39 is 9.84 Å². The Labute approximate surface area is 124 Å². The highest BCUT2D eigenvalue weighted by Gasteiger charge is 2.33. The largest absolute Gasteiger partial charge is 0.493 e. The summed E-state index contributed by atoms with van der Waals surface area (Å²) in [6, 6.07) is 4.63. The van der Waals surface area contributed by atoms with Crippen LogP contribution in [0.25, 0.3) is 0 Å². The summed E-state index contributed by atoms with van der Waals surface area (Å²) in [4.78, 5) is 13.9. The average molecular weight is 313 g/mol. The van der Waals surface area contributed by atoms with Crippen molar-refractivity contribution in [1.82, 2.24) is 4.90 Å². The van der Waals surface area contributed by atoms with Crippen LogP contribution in [0.4, 0.5) is 0 Å². The summed E-state index contributed by atoms with van der Waals surface area (Å²) in [7, 11) is 1.63. The van der Waals surface area contributed by atoms with Gasteiger partial charge in [-0.3, -0.25) is 4.79 Å². The van der Waals surface area contributed by atoms with Crippen LogP contribution in [0.1, 0.15) is 16.8 Å². The van der Waals surface area contributed by atoms with Gasteiger partial charge in [0.2, 0.25) is 0 Å². The maximum Gasteiger partial charge on any atom is 0.254 e. The van der Waals surface area contributed by atoms with E-state index in [1.807, 2.05) is 0 Å². The molecule has 1 heterocycles. The van der Waals surface area contributed by atoms with Gasteiger partial charge in [0.25, 0.3) is 5.91 Å². The standard InChI is InChI=1S/C14H19NO5S/c1-15(11-6-7-21(17,18)9-11)14(16)10-4-5-12(19-2)13(8-10)20-3/h4-5,8,11H,6-7,9H2,1-3H3. The van der Waals surface area contributed by atoms with Crippen molar-refractivity contribution in [2.24, 2.45) is 0 Å². The zero-order valence-electron chi connectivity index (χ0n) is 12.3. The number of methoxy groups -OCH3 is 2. The van der Waals surface area contributed by atoms with Crippen molar-refractivity contribution >= 4 is 15.7 Å². The highest BCUT2D eigenvalue weighted by molar-refractivity contribution is 7.91. The minimum Gasteiger partial charge on any atom is -0.493 e. The Bertz CT molecular complexity index is 641. The number of benzene rings is 1. The molecule has 6 nitrogen and oxygen atoms in total. The molecule has 0 saturated carbocycles. The van der Waals surface area contributed by atoms with E-state index in [0.29, 0.717) is 23.5 Å². The molecular weight excluding hydrogens is 294 g/mol. The SMILES string of the molecule is COc1ccc(C(=O)N(C)C2CCS(=O)(=O)C2)cc1OC. The lowest BCUT2D eigenvalue weighted by Gasteiger charge is -2.23. The lowest BCUT2D eigenvalue weighted by atomic mass is 10.1. The lowest BCUT2D eigenvalue weighted by Crippen LogP contribution is -2.37. The Morgan fingerprint density at radius 3 is 2.43 bits per heavy atom. The van der Waals surface area contributed by atoms with Gasteiger partial charge in [0, 0.05) is 18.7 Å². The highest BCUT2D eigenvalue weighted by Crippen LogP contribution is 2.28. The van der Waals surface area contributed by atoms with E-state index in [1.165, 1.54) is 19.1 Å². The molecule has 1 aliphatic rings. The smallest absolute Gasteiger partial charge is 0.254 e. The summed E-state index contributed by atoms with van der Waals surface area (Å²) in [6.07, 6.45) is 0.484. The van der Waals surface area contributed by atoms with Crippen LogP contribution in [-0.4, -0.2) is 58.0 Å². The fourth-order valence-electron chi connectivity index (χ4n) is 2.42. The zero-order valence-corrected chi connectivity index (χ0v) is 13.1. The third kappa shape index (κ3) is 3.29. The molecule has 1 aromatic carbocycles. The molecule has 7 heteroatoms. The number of nitrogens with zero attached hydrogens (tertiary/aromatic N) is 1. The minimum atomic E-state index is -3.02. The summed E-state index contributed by atoms with van der Waals surface area (Å²) < 4.78 is 33.3. The number of sulfone groups is 1. The fraction of sp³-hybridized carbons (Fsp3) is 0.500. The Balaban J connectivity index is 2.20. The van der Waals surface area contributed by atoms with Gasteiger partial charge in [-0.1, -0.05) is 0 Å². The maximum absolute atomic E-state index is 12.4. The topological polar surface area (TPSA) is 72.9 Å². The Kier molecular flexibility index (Phi) is 4.41. The molecule has 1 aromatic rings. The number of carbonyl (C=O) groups excluding carboxylic acids is 1. The van der Waals surface area contributed by atoms with E-state index in [2.05, 4.69) is 0 Å². The normalized spacial score (nSPS) is 20.0. The van der Waals surface area contributed by atoms with Crippen LogP contribution in [0.15, 0.2) is 18.2 Å². The molecule has 1 saturated heterocycles. The van der Waals surface area contributed by atoms with Crippen LogP contribution in [0.2, 0.25) is 0 Å². The van der Waals surface area contributed by atoms with Gasteiger partial charge < -0.3 is 14.4 Å². The van der Waals surface area contributed by atoms with Crippen molar-refractivity contribution in [3.63, 3.8) is 0 Å². The van der Waals surface area contributed by atoms with Gasteiger partial charge in [0.1, 0.15) is 0 Å². The van der Waals surface area contributed by atoms with Gasteiger partial charge in [-0.15, -0.1) is 0 Å². The van der Waals surface area contributed by atoms with E-state index >= 15 is 0 Å². The molecule has 1 atom stereocenters. The second kappa shape index (κ2) is 5.93. The third-order valence-electron chi connectivity index (χ3n) is 3.71. The summed E-state index contributed by atoms with van der Waals surface area (Å²) in [6.45, 7) is 0. The monoisotopic (exact) mass is 313 g/mol. The van der Waals surface area contributed by atoms with Gasteiger partial charge in [0.15, 0.2) is 21.3 Å². The van der Waals surface area contributed by atoms with Crippen LogP contribution in [-0.2, 0) is 9.84 Å². The minimum absolute atomic E-state index is 0.0303. The van der Waals surface area contributed by atoms with Gasteiger partial charge in [0.05, 0.1) is 25.7 Å². The van der Waals surface area contributed by atoms with Crippen LogP contribution in [0.3, 0.4) is 0 Å². The molecule has 1 fully saturated rings. The van der Waals surface area contributed by atoms with Gasteiger partial charge in [-0.2, -0.15) is 0 Å². The molecule has 1 unspecified atom stereocenters. The summed E-state index contributed by atoms with van der Waals surface area (Å²) in [5.41, 5.74) is 0.444. The zero-order chi connectivity index (χ0) is 15.6. The van der Waals surface area contributed by atoms with Crippen molar-refractivity contribution in [1.29, 1.82) is 0 Å². The van der Waals surface area contributed by atoms with Crippen LogP contribution >= 0.6 is 0 Å². The van der Waals surface area contributed by atoms with Crippen LogP contribution in [0.5, 0.6) is 11.5 Å². The number of hydrogen-bond acceptors (Lipinski definition) is 5. The molecule has 0 aliphatic carbocycles. The van der Waals surface area contributed by atoms with Crippen molar-refractivity contribution in [2.75, 3.05) is 32.8 Å². The highest BCUT2D eigenvalue weighted by atomic mass is 32.2. The van der Waals surface area contributed by atoms with Crippen molar-refractivity contribution < 1.29 is 22.7 Å². The number of amides is 1. The number of carbonyl (C=O) groups is 1. The maximum atomic E-state index is 12.4. The third-order valence-corrected chi connectivity index (χ3v) is 5.46. The number of ether oxygens (including phenoxy) is 2. The number of hydrogen-bond donors (Lipinski definition) is 0. The first-order chi connectivity index (χ1) is 9.88. The molecule has 21 heavy (non-hydrogen) atoms. The van der Waals surface area contributed by atoms with Crippen molar-refractivity contribution in [2.45, 2.75) is 12.5 Å². The van der Waals surface area contributed by atoms with E-state index in [4.69, 9.17) is 9.47 Å². The van der Waals surface area contributed by atoms with E-state index in [1.54, 1.807) is 25.2 Å². The molecule has 116 valence electrons. The van der Waals surface area contributed by atoms with E-state index in [0.717, 1.165) is 0 Å². The predicted molar refractivity (Wildman–Crippen MR) is 78.7 cm³/mol.